The Hall–Kier alpha value is -0.880. The van der Waals surface area contributed by atoms with Gasteiger partial charge in [0.15, 0.2) is 0 Å². The van der Waals surface area contributed by atoms with Crippen molar-refractivity contribution in [1.82, 2.24) is 10.2 Å². The van der Waals surface area contributed by atoms with Gasteiger partial charge in [-0.3, -0.25) is 9.89 Å². The predicted octanol–water partition coefficient (Wildman–Crippen LogP) is 1.54. The first-order valence-corrected chi connectivity index (χ1v) is 4.82. The molecule has 0 aliphatic carbocycles. The average Bonchev–Trinajstić information content (AvgIpc) is 2.52. The van der Waals surface area contributed by atoms with E-state index >= 15 is 0 Å². The third kappa shape index (κ3) is 2.33. The summed E-state index contributed by atoms with van der Waals surface area (Å²) in [5, 5.41) is 9.06. The van der Waals surface area contributed by atoms with Gasteiger partial charge in [-0.05, 0) is 29.8 Å². The van der Waals surface area contributed by atoms with E-state index in [-0.39, 0.29) is 5.91 Å². The smallest absolute Gasteiger partial charge is 0.257 e. The van der Waals surface area contributed by atoms with Crippen molar-refractivity contribution in [2.24, 2.45) is 0 Å². The van der Waals surface area contributed by atoms with E-state index in [1.807, 2.05) is 0 Å². The Kier molecular flexibility index (Phi) is 3.28. The van der Waals surface area contributed by atoms with Crippen molar-refractivity contribution in [2.45, 2.75) is 19.4 Å². The van der Waals surface area contributed by atoms with Gasteiger partial charge < -0.3 is 10.1 Å². The van der Waals surface area contributed by atoms with Crippen LogP contribution in [0.1, 0.15) is 13.8 Å². The summed E-state index contributed by atoms with van der Waals surface area (Å²) >= 11 is 3.23. The van der Waals surface area contributed by atoms with Crippen LogP contribution in [-0.2, 0) is 9.53 Å². The second-order valence-electron chi connectivity index (χ2n) is 3.26. The van der Waals surface area contributed by atoms with Crippen LogP contribution in [0.5, 0.6) is 0 Å². The first-order chi connectivity index (χ1) is 6.47. The number of amides is 1. The predicted molar refractivity (Wildman–Crippen MR) is 56.0 cm³/mol. The third-order valence-corrected chi connectivity index (χ3v) is 2.49. The number of aromatic amines is 1. The van der Waals surface area contributed by atoms with Crippen molar-refractivity contribution in [3.63, 3.8) is 0 Å². The molecule has 14 heavy (non-hydrogen) atoms. The van der Waals surface area contributed by atoms with Crippen LogP contribution < -0.4 is 5.32 Å². The van der Waals surface area contributed by atoms with E-state index in [9.17, 15) is 4.79 Å². The maximum Gasteiger partial charge on any atom is 0.257 e. The minimum atomic E-state index is -0.857. The molecular weight excluding hydrogens is 250 g/mol. The van der Waals surface area contributed by atoms with Gasteiger partial charge in [-0.15, -0.1) is 0 Å². The molecule has 0 radical (unpaired) electrons. The maximum atomic E-state index is 11.6. The number of nitrogens with one attached hydrogen (secondary N) is 2. The van der Waals surface area contributed by atoms with Gasteiger partial charge in [0.2, 0.25) is 0 Å². The highest BCUT2D eigenvalue weighted by atomic mass is 79.9. The van der Waals surface area contributed by atoms with Crippen LogP contribution in [0.2, 0.25) is 0 Å². The Morgan fingerprint density at radius 3 is 2.79 bits per heavy atom. The number of halogens is 1. The lowest BCUT2D eigenvalue weighted by molar-refractivity contribution is -0.133. The normalized spacial score (nSPS) is 11.4. The molecule has 0 spiro atoms. The van der Waals surface area contributed by atoms with Crippen molar-refractivity contribution in [3.8, 4) is 0 Å². The van der Waals surface area contributed by atoms with Crippen molar-refractivity contribution in [1.29, 1.82) is 0 Å². The zero-order valence-corrected chi connectivity index (χ0v) is 9.81. The number of anilines is 1. The summed E-state index contributed by atoms with van der Waals surface area (Å²) in [6.07, 6.45) is 1.56. The van der Waals surface area contributed by atoms with Crippen LogP contribution in [0.25, 0.3) is 0 Å². The number of rotatable bonds is 3. The van der Waals surface area contributed by atoms with Crippen LogP contribution in [0.4, 0.5) is 5.82 Å². The molecule has 1 aromatic heterocycles. The highest BCUT2D eigenvalue weighted by molar-refractivity contribution is 9.10. The summed E-state index contributed by atoms with van der Waals surface area (Å²) in [6, 6.07) is 0. The van der Waals surface area contributed by atoms with E-state index in [2.05, 4.69) is 31.4 Å². The van der Waals surface area contributed by atoms with Gasteiger partial charge >= 0.3 is 0 Å². The standard InChI is InChI=1S/C8H12BrN3O2/c1-8(2,14-3)7(13)11-6-5(9)4-10-12-6/h4H,1-3H3,(H2,10,11,12,13). The van der Waals surface area contributed by atoms with Gasteiger partial charge in [-0.1, -0.05) is 0 Å². The molecule has 1 aromatic rings. The molecular formula is C8H12BrN3O2. The lowest BCUT2D eigenvalue weighted by atomic mass is 10.1. The Morgan fingerprint density at radius 2 is 2.36 bits per heavy atom. The fourth-order valence-corrected chi connectivity index (χ4v) is 1.01. The van der Waals surface area contributed by atoms with Gasteiger partial charge in [-0.2, -0.15) is 5.10 Å². The average molecular weight is 262 g/mol. The minimum absolute atomic E-state index is 0.232. The van der Waals surface area contributed by atoms with Gasteiger partial charge in [0.25, 0.3) is 5.91 Å². The molecule has 0 bridgehead atoms. The molecule has 0 aromatic carbocycles. The Morgan fingerprint density at radius 1 is 1.71 bits per heavy atom. The molecule has 0 aliphatic rings. The Balaban J connectivity index is 2.71. The number of hydrogen-bond donors (Lipinski definition) is 2. The number of H-pyrrole nitrogens is 1. The molecule has 1 amide bonds. The summed E-state index contributed by atoms with van der Waals surface area (Å²) in [4.78, 5) is 11.6. The summed E-state index contributed by atoms with van der Waals surface area (Å²) in [5.41, 5.74) is -0.857. The fourth-order valence-electron chi connectivity index (χ4n) is 0.716. The number of carbonyl (C=O) groups excluding carboxylic acids is 1. The second kappa shape index (κ2) is 4.10. The van der Waals surface area contributed by atoms with E-state index in [1.54, 1.807) is 20.0 Å². The van der Waals surface area contributed by atoms with Crippen LogP contribution in [-0.4, -0.2) is 28.8 Å². The molecule has 1 heterocycles. The largest absolute Gasteiger partial charge is 0.369 e. The molecule has 0 unspecified atom stereocenters. The molecule has 0 atom stereocenters. The molecule has 78 valence electrons. The SMILES string of the molecule is COC(C)(C)C(=O)Nc1[nH]ncc1Br. The fraction of sp³-hybridized carbons (Fsp3) is 0.500. The molecule has 2 N–H and O–H groups in total. The topological polar surface area (TPSA) is 67.0 Å². The van der Waals surface area contributed by atoms with Crippen molar-refractivity contribution < 1.29 is 9.53 Å². The summed E-state index contributed by atoms with van der Waals surface area (Å²) in [6.45, 7) is 3.37. The molecule has 0 saturated carbocycles. The second-order valence-corrected chi connectivity index (χ2v) is 4.12. The molecule has 6 heteroatoms. The Bertz CT molecular complexity index is 335. The van der Waals surface area contributed by atoms with E-state index < -0.39 is 5.60 Å². The van der Waals surface area contributed by atoms with Gasteiger partial charge in [0.05, 0.1) is 10.7 Å². The number of hydrogen-bond acceptors (Lipinski definition) is 3. The summed E-state index contributed by atoms with van der Waals surface area (Å²) in [5.74, 6) is 0.296. The quantitative estimate of drug-likeness (QED) is 0.868. The first kappa shape index (κ1) is 11.2. The van der Waals surface area contributed by atoms with Gasteiger partial charge in [0.1, 0.15) is 11.4 Å². The maximum absolute atomic E-state index is 11.6. The van der Waals surface area contributed by atoms with Crippen molar-refractivity contribution in [3.05, 3.63) is 10.7 Å². The lowest BCUT2D eigenvalue weighted by Gasteiger charge is -2.21. The monoisotopic (exact) mass is 261 g/mol. The van der Waals surface area contributed by atoms with Crippen molar-refractivity contribution in [2.75, 3.05) is 12.4 Å². The third-order valence-electron chi connectivity index (χ3n) is 1.89. The Labute approximate surface area is 90.3 Å². The van der Waals surface area contributed by atoms with Gasteiger partial charge in [-0.25, -0.2) is 0 Å². The zero-order valence-electron chi connectivity index (χ0n) is 8.22. The van der Waals surface area contributed by atoms with E-state index in [0.29, 0.717) is 10.3 Å². The first-order valence-electron chi connectivity index (χ1n) is 4.03. The molecule has 5 nitrogen and oxygen atoms in total. The van der Waals surface area contributed by atoms with E-state index in [4.69, 9.17) is 4.74 Å². The molecule has 1 rings (SSSR count). The van der Waals surface area contributed by atoms with Crippen LogP contribution >= 0.6 is 15.9 Å². The number of aromatic nitrogens is 2. The number of carbonyl (C=O) groups is 1. The molecule has 0 saturated heterocycles. The van der Waals surface area contributed by atoms with E-state index in [1.165, 1.54) is 7.11 Å². The zero-order chi connectivity index (χ0) is 10.8. The van der Waals surface area contributed by atoms with Gasteiger partial charge in [0, 0.05) is 7.11 Å². The summed E-state index contributed by atoms with van der Waals surface area (Å²) in [7, 11) is 1.49. The molecule has 0 aliphatic heterocycles. The number of ether oxygens (including phenoxy) is 1. The highest BCUT2D eigenvalue weighted by Crippen LogP contribution is 2.19. The minimum Gasteiger partial charge on any atom is -0.369 e. The number of methoxy groups -OCH3 is 1. The van der Waals surface area contributed by atoms with Crippen LogP contribution in [0, 0.1) is 0 Å². The summed E-state index contributed by atoms with van der Waals surface area (Å²) < 4.78 is 5.73. The van der Waals surface area contributed by atoms with Crippen LogP contribution in [0.15, 0.2) is 10.7 Å². The van der Waals surface area contributed by atoms with E-state index in [0.717, 1.165) is 0 Å². The van der Waals surface area contributed by atoms with Crippen LogP contribution in [0.3, 0.4) is 0 Å². The van der Waals surface area contributed by atoms with Crippen molar-refractivity contribution >= 4 is 27.7 Å². The number of nitrogens with zero attached hydrogens (tertiary/aromatic N) is 1. The lowest BCUT2D eigenvalue weighted by Crippen LogP contribution is -2.39. The highest BCUT2D eigenvalue weighted by Gasteiger charge is 2.27. The molecule has 0 fully saturated rings.